The van der Waals surface area contributed by atoms with Crippen molar-refractivity contribution in [2.45, 2.75) is 37.6 Å². The van der Waals surface area contributed by atoms with Gasteiger partial charge in [0.05, 0.1) is 16.7 Å². The Morgan fingerprint density at radius 1 is 1.37 bits per heavy atom. The lowest BCUT2D eigenvalue weighted by Crippen LogP contribution is -2.48. The molecule has 0 saturated heterocycles. The number of nitrogens with one attached hydrogen (secondary N) is 1. The topological polar surface area (TPSA) is 65.8 Å². The molecule has 4 nitrogen and oxygen atoms in total. The highest BCUT2D eigenvalue weighted by Gasteiger charge is 2.34. The molecule has 1 aromatic heterocycles. The van der Waals surface area contributed by atoms with Crippen LogP contribution in [0.25, 0.3) is 0 Å². The summed E-state index contributed by atoms with van der Waals surface area (Å²) in [5, 5.41) is 12.5. The molecule has 1 aliphatic rings. The SMILES string of the molecule is N#CC1(NC(=O)c2cc(Cl)ncc2Cl)CCCCC1. The van der Waals surface area contributed by atoms with Gasteiger partial charge in [-0.05, 0) is 18.9 Å². The average Bonchev–Trinajstić information content (AvgIpc) is 2.42. The standard InChI is InChI=1S/C13H13Cl2N3O/c14-10-7-17-11(15)6-9(10)12(19)18-13(8-16)4-2-1-3-5-13/h6-7H,1-5H2,(H,18,19). The Hall–Kier alpha value is -1.31. The molecule has 1 aliphatic carbocycles. The minimum Gasteiger partial charge on any atom is -0.334 e. The molecule has 0 bridgehead atoms. The number of hydrogen-bond acceptors (Lipinski definition) is 3. The van der Waals surface area contributed by atoms with Crippen molar-refractivity contribution in [3.05, 3.63) is 28.0 Å². The number of carbonyl (C=O) groups is 1. The van der Waals surface area contributed by atoms with Crippen LogP contribution < -0.4 is 5.32 Å². The maximum absolute atomic E-state index is 12.2. The van der Waals surface area contributed by atoms with Crippen LogP contribution in [0.1, 0.15) is 42.5 Å². The Labute approximate surface area is 121 Å². The van der Waals surface area contributed by atoms with Crippen molar-refractivity contribution >= 4 is 29.1 Å². The highest BCUT2D eigenvalue weighted by atomic mass is 35.5. The zero-order chi connectivity index (χ0) is 13.9. The van der Waals surface area contributed by atoms with Crippen LogP contribution in [0.3, 0.4) is 0 Å². The van der Waals surface area contributed by atoms with Gasteiger partial charge in [-0.1, -0.05) is 42.5 Å². The molecule has 1 fully saturated rings. The van der Waals surface area contributed by atoms with Crippen LogP contribution >= 0.6 is 23.2 Å². The number of hydrogen-bond donors (Lipinski definition) is 1. The fourth-order valence-corrected chi connectivity index (χ4v) is 2.64. The lowest BCUT2D eigenvalue weighted by atomic mass is 9.82. The summed E-state index contributed by atoms with van der Waals surface area (Å²) in [6.07, 6.45) is 5.66. The molecule has 6 heteroatoms. The van der Waals surface area contributed by atoms with Gasteiger partial charge in [-0.3, -0.25) is 4.79 Å². The van der Waals surface area contributed by atoms with Gasteiger partial charge in [0.2, 0.25) is 0 Å². The number of halogens is 2. The summed E-state index contributed by atoms with van der Waals surface area (Å²) >= 11 is 11.7. The molecule has 0 radical (unpaired) electrons. The Morgan fingerprint density at radius 2 is 2.05 bits per heavy atom. The molecule has 1 saturated carbocycles. The number of rotatable bonds is 2. The van der Waals surface area contributed by atoms with E-state index < -0.39 is 5.54 Å². The Morgan fingerprint density at radius 3 is 2.68 bits per heavy atom. The predicted molar refractivity (Wildman–Crippen MR) is 73.2 cm³/mol. The van der Waals surface area contributed by atoms with E-state index in [0.29, 0.717) is 12.8 Å². The van der Waals surface area contributed by atoms with Gasteiger partial charge < -0.3 is 5.32 Å². The second-order valence-electron chi connectivity index (χ2n) is 4.70. The minimum atomic E-state index is -0.783. The van der Waals surface area contributed by atoms with Gasteiger partial charge in [-0.2, -0.15) is 5.26 Å². The number of pyridine rings is 1. The van der Waals surface area contributed by atoms with Crippen molar-refractivity contribution < 1.29 is 4.79 Å². The predicted octanol–water partition coefficient (Wildman–Crippen LogP) is 3.34. The van der Waals surface area contributed by atoms with Crippen LogP contribution in [0, 0.1) is 11.3 Å². The number of amides is 1. The molecule has 0 aromatic carbocycles. The van der Waals surface area contributed by atoms with Gasteiger partial charge in [0, 0.05) is 6.20 Å². The first kappa shape index (κ1) is 14.1. The summed E-state index contributed by atoms with van der Waals surface area (Å²) in [6, 6.07) is 3.64. The molecule has 1 heterocycles. The lowest BCUT2D eigenvalue weighted by molar-refractivity contribution is 0.0902. The number of aromatic nitrogens is 1. The third-order valence-electron chi connectivity index (χ3n) is 3.34. The first-order valence-corrected chi connectivity index (χ1v) is 6.87. The van der Waals surface area contributed by atoms with Crippen molar-refractivity contribution in [1.82, 2.24) is 10.3 Å². The summed E-state index contributed by atoms with van der Waals surface area (Å²) in [7, 11) is 0. The average molecular weight is 298 g/mol. The maximum Gasteiger partial charge on any atom is 0.254 e. The molecule has 19 heavy (non-hydrogen) atoms. The van der Waals surface area contributed by atoms with Gasteiger partial charge >= 0.3 is 0 Å². The maximum atomic E-state index is 12.2. The number of carbonyl (C=O) groups excluding carboxylic acids is 1. The van der Waals surface area contributed by atoms with E-state index in [2.05, 4.69) is 16.4 Å². The van der Waals surface area contributed by atoms with Crippen molar-refractivity contribution in [3.8, 4) is 6.07 Å². The van der Waals surface area contributed by atoms with Crippen LogP contribution in [0.4, 0.5) is 0 Å². The van der Waals surface area contributed by atoms with Crippen LogP contribution in [0.15, 0.2) is 12.3 Å². The molecule has 0 atom stereocenters. The first-order chi connectivity index (χ1) is 9.06. The fourth-order valence-electron chi connectivity index (χ4n) is 2.29. The van der Waals surface area contributed by atoms with E-state index in [1.54, 1.807) is 0 Å². The largest absolute Gasteiger partial charge is 0.334 e. The highest BCUT2D eigenvalue weighted by molar-refractivity contribution is 6.35. The molecule has 0 unspecified atom stereocenters. The molecule has 1 aromatic rings. The quantitative estimate of drug-likeness (QED) is 0.851. The molecule has 1 amide bonds. The van der Waals surface area contributed by atoms with Gasteiger partial charge in [0.25, 0.3) is 5.91 Å². The number of nitrogens with zero attached hydrogens (tertiary/aromatic N) is 2. The van der Waals surface area contributed by atoms with Crippen molar-refractivity contribution in [2.24, 2.45) is 0 Å². The summed E-state index contributed by atoms with van der Waals surface area (Å²) in [6.45, 7) is 0. The molecule has 0 aliphatic heterocycles. The zero-order valence-electron chi connectivity index (χ0n) is 10.2. The van der Waals surface area contributed by atoms with Crippen LogP contribution in [0.5, 0.6) is 0 Å². The van der Waals surface area contributed by atoms with Crippen LogP contribution in [-0.4, -0.2) is 16.4 Å². The fraction of sp³-hybridized carbons (Fsp3) is 0.462. The van der Waals surface area contributed by atoms with Crippen LogP contribution in [0.2, 0.25) is 10.2 Å². The summed E-state index contributed by atoms with van der Waals surface area (Å²) in [4.78, 5) is 16.0. The minimum absolute atomic E-state index is 0.198. The summed E-state index contributed by atoms with van der Waals surface area (Å²) < 4.78 is 0. The Balaban J connectivity index is 2.20. The van der Waals surface area contributed by atoms with E-state index in [9.17, 15) is 10.1 Å². The van der Waals surface area contributed by atoms with Gasteiger partial charge in [-0.25, -0.2) is 4.98 Å². The van der Waals surface area contributed by atoms with Gasteiger partial charge in [0.1, 0.15) is 10.7 Å². The van der Waals surface area contributed by atoms with Crippen molar-refractivity contribution in [1.29, 1.82) is 5.26 Å². The third-order valence-corrected chi connectivity index (χ3v) is 3.85. The van der Waals surface area contributed by atoms with E-state index in [-0.39, 0.29) is 21.6 Å². The second kappa shape index (κ2) is 5.77. The monoisotopic (exact) mass is 297 g/mol. The molecule has 100 valence electrons. The van der Waals surface area contributed by atoms with Gasteiger partial charge in [-0.15, -0.1) is 0 Å². The normalized spacial score (nSPS) is 17.5. The molecular formula is C13H13Cl2N3O. The van der Waals surface area contributed by atoms with Crippen molar-refractivity contribution in [2.75, 3.05) is 0 Å². The zero-order valence-corrected chi connectivity index (χ0v) is 11.8. The molecule has 0 spiro atoms. The Bertz CT molecular complexity index is 533. The van der Waals surface area contributed by atoms with E-state index in [0.717, 1.165) is 19.3 Å². The van der Waals surface area contributed by atoms with E-state index >= 15 is 0 Å². The third kappa shape index (κ3) is 3.17. The first-order valence-electron chi connectivity index (χ1n) is 6.11. The smallest absolute Gasteiger partial charge is 0.254 e. The van der Waals surface area contributed by atoms with Crippen LogP contribution in [-0.2, 0) is 0 Å². The molecule has 2 rings (SSSR count). The van der Waals surface area contributed by atoms with Gasteiger partial charge in [0.15, 0.2) is 0 Å². The lowest BCUT2D eigenvalue weighted by Gasteiger charge is -2.31. The van der Waals surface area contributed by atoms with E-state index in [1.165, 1.54) is 12.3 Å². The molecule has 1 N–H and O–H groups in total. The van der Waals surface area contributed by atoms with Crippen molar-refractivity contribution in [3.63, 3.8) is 0 Å². The van der Waals surface area contributed by atoms with E-state index in [4.69, 9.17) is 23.2 Å². The summed E-state index contributed by atoms with van der Waals surface area (Å²) in [5.74, 6) is -0.377. The Kier molecular flexibility index (Phi) is 4.28. The summed E-state index contributed by atoms with van der Waals surface area (Å²) in [5.41, 5.74) is -0.532. The van der Waals surface area contributed by atoms with E-state index in [1.807, 2.05) is 0 Å². The highest BCUT2D eigenvalue weighted by Crippen LogP contribution is 2.28. The second-order valence-corrected chi connectivity index (χ2v) is 5.49. The number of nitriles is 1. The molecular weight excluding hydrogens is 285 g/mol.